The van der Waals surface area contributed by atoms with Gasteiger partial charge < -0.3 is 5.32 Å². The lowest BCUT2D eigenvalue weighted by Gasteiger charge is -2.26. The fraction of sp³-hybridized carbons (Fsp3) is 0.533. The standard InChI is InChI=1S/C15H19BrF3NO/c1-9(20-13(21)12(16)14(2,3)4)10-5-7-11(8-6-10)15(17,18)19/h5-9,12H,1-4H3,(H,20,21). The molecule has 0 bridgehead atoms. The first-order valence-corrected chi connectivity index (χ1v) is 7.46. The van der Waals surface area contributed by atoms with Crippen molar-refractivity contribution in [2.75, 3.05) is 0 Å². The van der Waals surface area contributed by atoms with Gasteiger partial charge in [0.05, 0.1) is 16.4 Å². The third-order valence-electron chi connectivity index (χ3n) is 3.09. The first-order chi connectivity index (χ1) is 9.43. The summed E-state index contributed by atoms with van der Waals surface area (Å²) < 4.78 is 37.5. The normalized spacial score (nSPS) is 15.4. The smallest absolute Gasteiger partial charge is 0.349 e. The van der Waals surface area contributed by atoms with Gasteiger partial charge in [-0.25, -0.2) is 0 Å². The van der Waals surface area contributed by atoms with Gasteiger partial charge in [0.2, 0.25) is 5.91 Å². The van der Waals surface area contributed by atoms with Crippen LogP contribution in [-0.2, 0) is 11.0 Å². The van der Waals surface area contributed by atoms with Gasteiger partial charge in [0.25, 0.3) is 0 Å². The van der Waals surface area contributed by atoms with Gasteiger partial charge in [0.1, 0.15) is 0 Å². The topological polar surface area (TPSA) is 29.1 Å². The first-order valence-electron chi connectivity index (χ1n) is 6.54. The minimum Gasteiger partial charge on any atom is -0.349 e. The largest absolute Gasteiger partial charge is 0.416 e. The summed E-state index contributed by atoms with van der Waals surface area (Å²) in [5, 5.41) is 2.79. The van der Waals surface area contributed by atoms with Crippen molar-refractivity contribution in [1.29, 1.82) is 0 Å². The lowest BCUT2D eigenvalue weighted by Crippen LogP contribution is -2.39. The van der Waals surface area contributed by atoms with E-state index in [-0.39, 0.29) is 22.2 Å². The van der Waals surface area contributed by atoms with Gasteiger partial charge in [-0.05, 0) is 30.0 Å². The van der Waals surface area contributed by atoms with Crippen molar-refractivity contribution in [3.63, 3.8) is 0 Å². The molecule has 0 aliphatic heterocycles. The third kappa shape index (κ3) is 5.02. The molecule has 0 saturated heterocycles. The summed E-state index contributed by atoms with van der Waals surface area (Å²) in [6.07, 6.45) is -4.35. The SMILES string of the molecule is CC(NC(=O)C(Br)C(C)(C)C)c1ccc(C(F)(F)F)cc1. The molecule has 0 saturated carbocycles. The van der Waals surface area contributed by atoms with Crippen LogP contribution in [0.4, 0.5) is 13.2 Å². The van der Waals surface area contributed by atoms with Gasteiger partial charge in [-0.15, -0.1) is 0 Å². The van der Waals surface area contributed by atoms with E-state index in [0.717, 1.165) is 12.1 Å². The van der Waals surface area contributed by atoms with Crippen molar-refractivity contribution >= 4 is 21.8 Å². The Labute approximate surface area is 131 Å². The summed E-state index contributed by atoms with van der Waals surface area (Å²) >= 11 is 3.34. The molecule has 1 rings (SSSR count). The molecule has 1 aromatic rings. The number of carbonyl (C=O) groups excluding carboxylic acids is 1. The Morgan fingerprint density at radius 3 is 2.00 bits per heavy atom. The van der Waals surface area contributed by atoms with E-state index in [2.05, 4.69) is 21.2 Å². The molecule has 2 atom stereocenters. The summed E-state index contributed by atoms with van der Waals surface area (Å²) in [4.78, 5) is 11.7. The number of carbonyl (C=O) groups is 1. The summed E-state index contributed by atoms with van der Waals surface area (Å²) in [5.74, 6) is -0.185. The summed E-state index contributed by atoms with van der Waals surface area (Å²) in [6, 6.07) is 4.45. The number of rotatable bonds is 3. The van der Waals surface area contributed by atoms with E-state index in [0.29, 0.717) is 5.56 Å². The van der Waals surface area contributed by atoms with Crippen LogP contribution in [0.15, 0.2) is 24.3 Å². The molecule has 0 aliphatic rings. The van der Waals surface area contributed by atoms with Crippen LogP contribution in [0.25, 0.3) is 0 Å². The zero-order valence-electron chi connectivity index (χ0n) is 12.4. The van der Waals surface area contributed by atoms with Gasteiger partial charge in [0.15, 0.2) is 0 Å². The van der Waals surface area contributed by atoms with Crippen molar-refractivity contribution in [1.82, 2.24) is 5.32 Å². The minimum atomic E-state index is -4.35. The van der Waals surface area contributed by atoms with E-state index in [1.54, 1.807) is 6.92 Å². The second kappa shape index (κ2) is 6.38. The average molecular weight is 366 g/mol. The third-order valence-corrected chi connectivity index (χ3v) is 4.88. The predicted octanol–water partition coefficient (Wildman–Crippen LogP) is 4.69. The van der Waals surface area contributed by atoms with Gasteiger partial charge in [0, 0.05) is 0 Å². The maximum absolute atomic E-state index is 12.5. The Morgan fingerprint density at radius 2 is 1.62 bits per heavy atom. The monoisotopic (exact) mass is 365 g/mol. The molecular formula is C15H19BrF3NO. The van der Waals surface area contributed by atoms with E-state index >= 15 is 0 Å². The quantitative estimate of drug-likeness (QED) is 0.773. The molecule has 0 aromatic heterocycles. The van der Waals surface area contributed by atoms with Crippen LogP contribution < -0.4 is 5.32 Å². The highest BCUT2D eigenvalue weighted by Gasteiger charge is 2.31. The molecule has 6 heteroatoms. The maximum Gasteiger partial charge on any atom is 0.416 e. The first kappa shape index (κ1) is 18.0. The number of nitrogens with one attached hydrogen (secondary N) is 1. The molecule has 118 valence electrons. The number of alkyl halides is 4. The van der Waals surface area contributed by atoms with E-state index in [9.17, 15) is 18.0 Å². The second-order valence-electron chi connectivity index (χ2n) is 6.08. The highest BCUT2D eigenvalue weighted by Crippen LogP contribution is 2.30. The Hall–Kier alpha value is -1.04. The molecule has 1 aromatic carbocycles. The summed E-state index contributed by atoms with van der Waals surface area (Å²) in [5.41, 5.74) is -0.313. The number of hydrogen-bond acceptors (Lipinski definition) is 1. The molecule has 1 amide bonds. The Morgan fingerprint density at radius 1 is 1.14 bits per heavy atom. The fourth-order valence-corrected chi connectivity index (χ4v) is 1.86. The predicted molar refractivity (Wildman–Crippen MR) is 80.2 cm³/mol. The molecule has 2 nitrogen and oxygen atoms in total. The zero-order chi connectivity index (χ0) is 16.4. The van der Waals surface area contributed by atoms with Crippen molar-refractivity contribution in [2.45, 2.75) is 44.7 Å². The molecule has 1 N–H and O–H groups in total. The molecule has 0 heterocycles. The van der Waals surface area contributed by atoms with Gasteiger partial charge in [-0.1, -0.05) is 48.8 Å². The van der Waals surface area contributed by atoms with Crippen molar-refractivity contribution < 1.29 is 18.0 Å². The molecular weight excluding hydrogens is 347 g/mol. The van der Waals surface area contributed by atoms with E-state index in [1.807, 2.05) is 20.8 Å². The van der Waals surface area contributed by atoms with E-state index < -0.39 is 11.7 Å². The van der Waals surface area contributed by atoms with Crippen LogP contribution in [-0.4, -0.2) is 10.7 Å². The number of amides is 1. The fourth-order valence-electron chi connectivity index (χ4n) is 1.72. The molecule has 0 spiro atoms. The average Bonchev–Trinajstić information content (AvgIpc) is 2.35. The molecule has 21 heavy (non-hydrogen) atoms. The molecule has 0 aliphatic carbocycles. The second-order valence-corrected chi connectivity index (χ2v) is 6.99. The van der Waals surface area contributed by atoms with Crippen molar-refractivity contribution in [2.24, 2.45) is 5.41 Å². The Kier molecular flexibility index (Phi) is 5.47. The van der Waals surface area contributed by atoms with Crippen LogP contribution in [0.1, 0.15) is 44.9 Å². The van der Waals surface area contributed by atoms with Crippen molar-refractivity contribution in [3.05, 3.63) is 35.4 Å². The van der Waals surface area contributed by atoms with Gasteiger partial charge in [-0.3, -0.25) is 4.79 Å². The molecule has 0 radical (unpaired) electrons. The highest BCUT2D eigenvalue weighted by atomic mass is 79.9. The van der Waals surface area contributed by atoms with E-state index in [1.165, 1.54) is 12.1 Å². The Bertz CT molecular complexity index is 491. The van der Waals surface area contributed by atoms with Crippen LogP contribution in [0.3, 0.4) is 0 Å². The van der Waals surface area contributed by atoms with Crippen LogP contribution in [0, 0.1) is 5.41 Å². The lowest BCUT2D eigenvalue weighted by molar-refractivity contribution is -0.137. The summed E-state index contributed by atoms with van der Waals surface area (Å²) in [7, 11) is 0. The van der Waals surface area contributed by atoms with Crippen LogP contribution in [0.5, 0.6) is 0 Å². The molecule has 2 unspecified atom stereocenters. The minimum absolute atomic E-state index is 0.185. The number of benzene rings is 1. The maximum atomic E-state index is 12.5. The highest BCUT2D eigenvalue weighted by molar-refractivity contribution is 9.10. The van der Waals surface area contributed by atoms with E-state index in [4.69, 9.17) is 0 Å². The Balaban J connectivity index is 2.77. The number of hydrogen-bond donors (Lipinski definition) is 1. The van der Waals surface area contributed by atoms with Crippen LogP contribution in [0.2, 0.25) is 0 Å². The number of halogens is 4. The van der Waals surface area contributed by atoms with Gasteiger partial charge >= 0.3 is 6.18 Å². The van der Waals surface area contributed by atoms with Gasteiger partial charge in [-0.2, -0.15) is 13.2 Å². The molecule has 0 fully saturated rings. The lowest BCUT2D eigenvalue weighted by atomic mass is 9.91. The van der Waals surface area contributed by atoms with Crippen molar-refractivity contribution in [3.8, 4) is 0 Å². The summed E-state index contributed by atoms with van der Waals surface area (Å²) in [6.45, 7) is 7.52. The van der Waals surface area contributed by atoms with Crippen LogP contribution >= 0.6 is 15.9 Å². The zero-order valence-corrected chi connectivity index (χ0v) is 14.0.